The quantitative estimate of drug-likeness (QED) is 0.771. The van der Waals surface area contributed by atoms with Gasteiger partial charge >= 0.3 is 0 Å². The molecule has 1 rings (SSSR count). The van der Waals surface area contributed by atoms with E-state index >= 15 is 0 Å². The summed E-state index contributed by atoms with van der Waals surface area (Å²) in [6, 6.07) is 4.42. The molecule has 5 heteroatoms. The lowest BCUT2D eigenvalue weighted by molar-refractivity contribution is 0.597. The van der Waals surface area contributed by atoms with Gasteiger partial charge in [0.25, 0.3) is 0 Å². The van der Waals surface area contributed by atoms with Gasteiger partial charge in [0.1, 0.15) is 0 Å². The van der Waals surface area contributed by atoms with Crippen LogP contribution < -0.4 is 5.73 Å². The number of hydrogen-bond acceptors (Lipinski definition) is 3. The number of anilines is 1. The van der Waals surface area contributed by atoms with Crippen LogP contribution in [0.1, 0.15) is 6.92 Å². The number of benzene rings is 1. The van der Waals surface area contributed by atoms with Gasteiger partial charge in [0.2, 0.25) is 0 Å². The Labute approximate surface area is 82.4 Å². The summed E-state index contributed by atoms with van der Waals surface area (Å²) in [6.45, 7) is 1.57. The Bertz CT molecular complexity index is 414. The number of nitrogens with two attached hydrogens (primary N) is 1. The Morgan fingerprint density at radius 3 is 2.62 bits per heavy atom. The molecule has 0 spiro atoms. The molecule has 3 nitrogen and oxygen atoms in total. The van der Waals surface area contributed by atoms with E-state index in [9.17, 15) is 8.42 Å². The van der Waals surface area contributed by atoms with Crippen molar-refractivity contribution in [2.75, 3.05) is 11.5 Å². The molecule has 0 radical (unpaired) electrons. The summed E-state index contributed by atoms with van der Waals surface area (Å²) in [5.74, 6) is 0.0253. The van der Waals surface area contributed by atoms with Crippen LogP contribution in [-0.2, 0) is 9.84 Å². The lowest BCUT2D eigenvalue weighted by Gasteiger charge is -2.04. The summed E-state index contributed by atoms with van der Waals surface area (Å²) in [7, 11) is -3.26. The maximum Gasteiger partial charge on any atom is 0.180 e. The van der Waals surface area contributed by atoms with Crippen molar-refractivity contribution in [3.63, 3.8) is 0 Å². The lowest BCUT2D eigenvalue weighted by Crippen LogP contribution is -2.06. The molecule has 0 aliphatic rings. The SMILES string of the molecule is CCS(=O)(=O)c1cc(Cl)ccc1N. The number of nitrogen functional groups attached to an aromatic ring is 1. The molecule has 13 heavy (non-hydrogen) atoms. The molecular weight excluding hydrogens is 210 g/mol. The zero-order chi connectivity index (χ0) is 10.1. The summed E-state index contributed by atoms with van der Waals surface area (Å²) in [4.78, 5) is 0.113. The summed E-state index contributed by atoms with van der Waals surface area (Å²) in [5, 5.41) is 0.376. The number of hydrogen-bond donors (Lipinski definition) is 1. The minimum atomic E-state index is -3.26. The fraction of sp³-hybridized carbons (Fsp3) is 0.250. The zero-order valence-corrected chi connectivity index (χ0v) is 8.69. The highest BCUT2D eigenvalue weighted by Gasteiger charge is 2.15. The molecule has 1 aromatic carbocycles. The van der Waals surface area contributed by atoms with Gasteiger partial charge in [-0.2, -0.15) is 0 Å². The van der Waals surface area contributed by atoms with Crippen molar-refractivity contribution in [3.05, 3.63) is 23.2 Å². The standard InChI is InChI=1S/C8H10ClNO2S/c1-2-13(11,12)8-5-6(9)3-4-7(8)10/h3-5H,2,10H2,1H3. The van der Waals surface area contributed by atoms with Crippen molar-refractivity contribution in [1.82, 2.24) is 0 Å². The van der Waals surface area contributed by atoms with E-state index in [4.69, 9.17) is 17.3 Å². The van der Waals surface area contributed by atoms with Crippen LogP contribution in [0.5, 0.6) is 0 Å². The van der Waals surface area contributed by atoms with Gasteiger partial charge in [-0.25, -0.2) is 8.42 Å². The normalized spacial score (nSPS) is 11.5. The molecule has 72 valence electrons. The van der Waals surface area contributed by atoms with Crippen LogP contribution in [-0.4, -0.2) is 14.2 Å². The van der Waals surface area contributed by atoms with Gasteiger partial charge in [-0.15, -0.1) is 0 Å². The Morgan fingerprint density at radius 2 is 2.08 bits per heavy atom. The van der Waals surface area contributed by atoms with Crippen LogP contribution in [0.15, 0.2) is 23.1 Å². The Morgan fingerprint density at radius 1 is 1.46 bits per heavy atom. The number of sulfone groups is 1. The first kappa shape index (κ1) is 10.3. The molecule has 0 amide bonds. The molecule has 2 N–H and O–H groups in total. The van der Waals surface area contributed by atoms with Crippen LogP contribution in [0.3, 0.4) is 0 Å². The summed E-state index contributed by atoms with van der Waals surface area (Å²) in [5.41, 5.74) is 5.76. The van der Waals surface area contributed by atoms with Crippen molar-refractivity contribution < 1.29 is 8.42 Å². The fourth-order valence-corrected chi connectivity index (χ4v) is 2.21. The van der Waals surface area contributed by atoms with Crippen LogP contribution >= 0.6 is 11.6 Å². The first-order valence-corrected chi connectivity index (χ1v) is 5.78. The zero-order valence-electron chi connectivity index (χ0n) is 7.12. The van der Waals surface area contributed by atoms with E-state index in [1.807, 2.05) is 0 Å². The minimum Gasteiger partial charge on any atom is -0.398 e. The lowest BCUT2D eigenvalue weighted by atomic mass is 10.3. The van der Waals surface area contributed by atoms with E-state index in [0.29, 0.717) is 5.02 Å². The van der Waals surface area contributed by atoms with E-state index in [-0.39, 0.29) is 16.3 Å². The maximum absolute atomic E-state index is 11.4. The molecule has 0 aromatic heterocycles. The third-order valence-electron chi connectivity index (χ3n) is 1.69. The molecule has 0 saturated carbocycles. The smallest absolute Gasteiger partial charge is 0.180 e. The van der Waals surface area contributed by atoms with E-state index in [2.05, 4.69) is 0 Å². The summed E-state index contributed by atoms with van der Waals surface area (Å²) < 4.78 is 22.9. The third-order valence-corrected chi connectivity index (χ3v) is 3.71. The van der Waals surface area contributed by atoms with Gasteiger partial charge in [0.05, 0.1) is 16.3 Å². The highest BCUT2D eigenvalue weighted by molar-refractivity contribution is 7.91. The average molecular weight is 220 g/mol. The van der Waals surface area contributed by atoms with Crippen LogP contribution in [0.4, 0.5) is 5.69 Å². The van der Waals surface area contributed by atoms with Gasteiger partial charge in [0.15, 0.2) is 9.84 Å². The largest absolute Gasteiger partial charge is 0.398 e. The second-order valence-electron chi connectivity index (χ2n) is 2.59. The molecule has 0 saturated heterocycles. The van der Waals surface area contributed by atoms with E-state index in [1.54, 1.807) is 13.0 Å². The predicted octanol–water partition coefficient (Wildman–Crippen LogP) is 1.72. The monoisotopic (exact) mass is 219 g/mol. The topological polar surface area (TPSA) is 60.2 Å². The minimum absolute atomic E-state index is 0.0253. The second kappa shape index (κ2) is 3.55. The summed E-state index contributed by atoms with van der Waals surface area (Å²) in [6.07, 6.45) is 0. The van der Waals surface area contributed by atoms with E-state index in [0.717, 1.165) is 0 Å². The highest BCUT2D eigenvalue weighted by Crippen LogP contribution is 2.23. The van der Waals surface area contributed by atoms with Gasteiger partial charge in [0, 0.05) is 5.02 Å². The second-order valence-corrected chi connectivity index (χ2v) is 5.27. The van der Waals surface area contributed by atoms with Gasteiger partial charge < -0.3 is 5.73 Å². The van der Waals surface area contributed by atoms with Gasteiger partial charge in [-0.1, -0.05) is 18.5 Å². The Hall–Kier alpha value is -0.740. The summed E-state index contributed by atoms with van der Waals surface area (Å²) >= 11 is 5.66. The molecular formula is C8H10ClNO2S. The van der Waals surface area contributed by atoms with Crippen molar-refractivity contribution in [3.8, 4) is 0 Å². The van der Waals surface area contributed by atoms with Crippen LogP contribution in [0.2, 0.25) is 5.02 Å². The third kappa shape index (κ3) is 2.14. The molecule has 0 aliphatic carbocycles. The molecule has 0 aliphatic heterocycles. The van der Waals surface area contributed by atoms with Crippen LogP contribution in [0, 0.1) is 0 Å². The molecule has 0 unspecified atom stereocenters. The van der Waals surface area contributed by atoms with E-state index in [1.165, 1.54) is 12.1 Å². The fourth-order valence-electron chi connectivity index (χ4n) is 0.933. The Balaban J connectivity index is 3.38. The molecule has 0 bridgehead atoms. The molecule has 1 aromatic rings. The van der Waals surface area contributed by atoms with Gasteiger partial charge in [-0.3, -0.25) is 0 Å². The first-order chi connectivity index (χ1) is 5.97. The van der Waals surface area contributed by atoms with Crippen LogP contribution in [0.25, 0.3) is 0 Å². The van der Waals surface area contributed by atoms with Gasteiger partial charge in [-0.05, 0) is 18.2 Å². The molecule has 0 atom stereocenters. The number of rotatable bonds is 2. The molecule has 0 heterocycles. The average Bonchev–Trinajstić information content (AvgIpc) is 2.09. The van der Waals surface area contributed by atoms with Crippen molar-refractivity contribution in [2.45, 2.75) is 11.8 Å². The predicted molar refractivity (Wildman–Crippen MR) is 53.6 cm³/mol. The van der Waals surface area contributed by atoms with E-state index < -0.39 is 9.84 Å². The highest BCUT2D eigenvalue weighted by atomic mass is 35.5. The van der Waals surface area contributed by atoms with Crippen molar-refractivity contribution >= 4 is 27.1 Å². The number of halogens is 1. The Kier molecular flexibility index (Phi) is 2.83. The maximum atomic E-state index is 11.4. The van der Waals surface area contributed by atoms with Crippen molar-refractivity contribution in [2.24, 2.45) is 0 Å². The first-order valence-electron chi connectivity index (χ1n) is 3.75. The van der Waals surface area contributed by atoms with Crippen molar-refractivity contribution in [1.29, 1.82) is 0 Å². The molecule has 0 fully saturated rings.